The topological polar surface area (TPSA) is 80.3 Å². The van der Waals surface area contributed by atoms with E-state index in [4.69, 9.17) is 23.2 Å². The predicted molar refractivity (Wildman–Crippen MR) is 49.7 cm³/mol. The van der Waals surface area contributed by atoms with E-state index in [2.05, 4.69) is 0 Å². The van der Waals surface area contributed by atoms with Gasteiger partial charge < -0.3 is 19.8 Å². The molecular weight excluding hydrogens is 296 g/mol. The van der Waals surface area contributed by atoms with Crippen molar-refractivity contribution in [1.82, 2.24) is 0 Å². The molecule has 0 bridgehead atoms. The van der Waals surface area contributed by atoms with Crippen molar-refractivity contribution in [2.24, 2.45) is 0 Å². The van der Waals surface area contributed by atoms with Gasteiger partial charge in [0, 0.05) is 11.8 Å². The SMILES string of the molecule is O=C([O-])/C=C/CCl.O=C([O-])/C=C/CCl.[Zn+2]. The molecule has 4 nitrogen and oxygen atoms in total. The molecule has 0 aromatic heterocycles. The molecule has 0 aromatic carbocycles. The fourth-order valence-electron chi connectivity index (χ4n) is 0.282. The molecule has 0 heterocycles. The van der Waals surface area contributed by atoms with Crippen LogP contribution in [-0.2, 0) is 29.1 Å². The summed E-state index contributed by atoms with van der Waals surface area (Å²) in [5, 5.41) is 19.0. The van der Waals surface area contributed by atoms with Crippen LogP contribution in [0.25, 0.3) is 0 Å². The van der Waals surface area contributed by atoms with Crippen LogP contribution < -0.4 is 10.2 Å². The molecule has 0 rings (SSSR count). The van der Waals surface area contributed by atoms with Gasteiger partial charge in [0.05, 0.1) is 11.9 Å². The molecule has 0 N–H and O–H groups in total. The van der Waals surface area contributed by atoms with Gasteiger partial charge in [-0.3, -0.25) is 0 Å². The maximum Gasteiger partial charge on any atom is 2.00 e. The molecule has 0 fully saturated rings. The molecule has 0 radical (unpaired) electrons. The zero-order chi connectivity index (χ0) is 11.4. The molecular formula is C8H8Cl2O4Zn. The van der Waals surface area contributed by atoms with Crippen molar-refractivity contribution in [1.29, 1.82) is 0 Å². The van der Waals surface area contributed by atoms with Gasteiger partial charge in [0.15, 0.2) is 0 Å². The number of hydrogen-bond acceptors (Lipinski definition) is 4. The third kappa shape index (κ3) is 31.7. The number of halogens is 2. The van der Waals surface area contributed by atoms with Crippen LogP contribution in [0.5, 0.6) is 0 Å². The van der Waals surface area contributed by atoms with Crippen molar-refractivity contribution in [2.45, 2.75) is 0 Å². The summed E-state index contributed by atoms with van der Waals surface area (Å²) >= 11 is 10.1. The van der Waals surface area contributed by atoms with Crippen LogP contribution in [0.4, 0.5) is 0 Å². The first-order chi connectivity index (χ1) is 6.54. The Morgan fingerprint density at radius 2 is 1.20 bits per heavy atom. The van der Waals surface area contributed by atoms with Crippen molar-refractivity contribution >= 4 is 35.1 Å². The van der Waals surface area contributed by atoms with Gasteiger partial charge in [-0.15, -0.1) is 23.2 Å². The number of carboxylic acids is 2. The van der Waals surface area contributed by atoms with Gasteiger partial charge in [-0.05, 0) is 12.2 Å². The summed E-state index contributed by atoms with van der Waals surface area (Å²) < 4.78 is 0. The number of hydrogen-bond donors (Lipinski definition) is 0. The Morgan fingerprint density at radius 1 is 0.933 bits per heavy atom. The molecule has 0 atom stereocenters. The third-order valence-electron chi connectivity index (χ3n) is 0.686. The smallest absolute Gasteiger partial charge is 0.545 e. The van der Waals surface area contributed by atoms with Gasteiger partial charge in [0.25, 0.3) is 0 Å². The molecule has 0 saturated heterocycles. The fourth-order valence-corrected chi connectivity index (χ4v) is 0.460. The zero-order valence-corrected chi connectivity index (χ0v) is 12.3. The number of rotatable bonds is 4. The van der Waals surface area contributed by atoms with Crippen molar-refractivity contribution in [3.63, 3.8) is 0 Å². The molecule has 15 heavy (non-hydrogen) atoms. The van der Waals surface area contributed by atoms with E-state index in [9.17, 15) is 19.8 Å². The van der Waals surface area contributed by atoms with E-state index in [1.165, 1.54) is 12.2 Å². The molecule has 7 heteroatoms. The van der Waals surface area contributed by atoms with Gasteiger partial charge in [-0.2, -0.15) is 0 Å². The second kappa shape index (κ2) is 16.1. The molecule has 0 aromatic rings. The first-order valence-corrected chi connectivity index (χ1v) is 4.48. The van der Waals surface area contributed by atoms with E-state index in [-0.39, 0.29) is 31.2 Å². The van der Waals surface area contributed by atoms with E-state index >= 15 is 0 Å². The normalized spacial score (nSPS) is 9.20. The van der Waals surface area contributed by atoms with Gasteiger partial charge in [-0.1, -0.05) is 12.2 Å². The fraction of sp³-hybridized carbons (Fsp3) is 0.250. The minimum absolute atomic E-state index is 0. The minimum atomic E-state index is -1.21. The minimum Gasteiger partial charge on any atom is -0.545 e. The van der Waals surface area contributed by atoms with Gasteiger partial charge >= 0.3 is 19.5 Å². The third-order valence-corrected chi connectivity index (χ3v) is 1.04. The quantitative estimate of drug-likeness (QED) is 0.381. The zero-order valence-electron chi connectivity index (χ0n) is 7.82. The van der Waals surface area contributed by atoms with Gasteiger partial charge in [-0.25, -0.2) is 0 Å². The van der Waals surface area contributed by atoms with Crippen LogP contribution in [0.3, 0.4) is 0 Å². The number of carbonyl (C=O) groups is 2. The molecule has 0 amide bonds. The Morgan fingerprint density at radius 3 is 1.27 bits per heavy atom. The van der Waals surface area contributed by atoms with Crippen molar-refractivity contribution < 1.29 is 39.3 Å². The summed E-state index contributed by atoms with van der Waals surface area (Å²) in [6.45, 7) is 0. The number of alkyl halides is 2. The van der Waals surface area contributed by atoms with E-state index < -0.39 is 11.9 Å². The molecule has 0 unspecified atom stereocenters. The second-order valence-corrected chi connectivity index (χ2v) is 2.37. The number of allylic oxidation sites excluding steroid dienone is 2. The standard InChI is InChI=1S/2C4H5ClO2.Zn/c2*5-3-1-2-4(6)7;/h2*1-2H,3H2,(H,6,7);/q;;+2/p-2/b2*2-1+;. The second-order valence-electron chi connectivity index (χ2n) is 1.75. The molecule has 0 spiro atoms. The van der Waals surface area contributed by atoms with E-state index in [1.807, 2.05) is 0 Å². The molecule has 80 valence electrons. The maximum atomic E-state index is 9.50. The number of carbonyl (C=O) groups excluding carboxylic acids is 2. The van der Waals surface area contributed by atoms with Gasteiger partial charge in [0.1, 0.15) is 0 Å². The Bertz CT molecular complexity index is 205. The maximum absolute atomic E-state index is 9.50. The Hall–Kier alpha value is -0.377. The summed E-state index contributed by atoms with van der Waals surface area (Å²) in [6.07, 6.45) is 4.40. The van der Waals surface area contributed by atoms with E-state index in [1.54, 1.807) is 0 Å². The molecule has 0 aliphatic carbocycles. The summed E-state index contributed by atoms with van der Waals surface area (Å²) in [7, 11) is 0. The Labute approximate surface area is 110 Å². The predicted octanol–water partition coefficient (Wildman–Crippen LogP) is -0.940. The Kier molecular flexibility index (Phi) is 21.5. The van der Waals surface area contributed by atoms with Crippen molar-refractivity contribution in [3.8, 4) is 0 Å². The van der Waals surface area contributed by atoms with Crippen LogP contribution in [-0.4, -0.2) is 23.7 Å². The summed E-state index contributed by atoms with van der Waals surface area (Å²) in [6, 6.07) is 0. The van der Waals surface area contributed by atoms with Crippen molar-refractivity contribution in [2.75, 3.05) is 11.8 Å². The van der Waals surface area contributed by atoms with E-state index in [0.29, 0.717) is 0 Å². The molecule has 0 aliphatic rings. The van der Waals surface area contributed by atoms with Crippen LogP contribution in [0, 0.1) is 0 Å². The largest absolute Gasteiger partial charge is 2.00 e. The van der Waals surface area contributed by atoms with Crippen molar-refractivity contribution in [3.05, 3.63) is 24.3 Å². The average molecular weight is 304 g/mol. The Balaban J connectivity index is -0.000000180. The van der Waals surface area contributed by atoms with Crippen LogP contribution in [0.15, 0.2) is 24.3 Å². The summed E-state index contributed by atoms with van der Waals surface area (Å²) in [4.78, 5) is 19.0. The summed E-state index contributed by atoms with van der Waals surface area (Å²) in [5.74, 6) is -1.98. The summed E-state index contributed by atoms with van der Waals surface area (Å²) in [5.41, 5.74) is 0. The monoisotopic (exact) mass is 302 g/mol. The first kappa shape index (κ1) is 20.1. The van der Waals surface area contributed by atoms with Crippen LogP contribution in [0.2, 0.25) is 0 Å². The van der Waals surface area contributed by atoms with Gasteiger partial charge in [0.2, 0.25) is 0 Å². The van der Waals surface area contributed by atoms with E-state index in [0.717, 1.165) is 12.2 Å². The average Bonchev–Trinajstić information content (AvgIpc) is 2.12. The first-order valence-electron chi connectivity index (χ1n) is 3.41. The number of aliphatic carboxylic acids is 2. The number of carboxylic acid groups (broad SMARTS) is 2. The van der Waals surface area contributed by atoms with Crippen LogP contribution >= 0.6 is 23.2 Å². The van der Waals surface area contributed by atoms with Crippen LogP contribution in [0.1, 0.15) is 0 Å². The molecule has 0 aliphatic heterocycles. The molecule has 0 saturated carbocycles.